The Bertz CT molecular complexity index is 1330. The lowest BCUT2D eigenvalue weighted by Gasteiger charge is -2.27. The van der Waals surface area contributed by atoms with Gasteiger partial charge in [0.2, 0.25) is 5.91 Å². The Hall–Kier alpha value is -2.03. The average Bonchev–Trinajstić information content (AvgIpc) is 3.31. The molecule has 3 unspecified atom stereocenters. The molecule has 3 atom stereocenters. The molecule has 404 valence electrons. The molecule has 0 aliphatic carbocycles. The molecule has 0 heterocycles. The fourth-order valence-corrected chi connectivity index (χ4v) is 8.95. The van der Waals surface area contributed by atoms with Gasteiger partial charge in [-0.2, -0.15) is 0 Å². The second-order valence-corrected chi connectivity index (χ2v) is 22.3. The van der Waals surface area contributed by atoms with Crippen LogP contribution in [0.5, 0.6) is 0 Å². The number of amides is 1. The number of phosphoric ester groups is 1. The van der Waals surface area contributed by atoms with Crippen LogP contribution in [0, 0.1) is 0 Å². The van der Waals surface area contributed by atoms with Gasteiger partial charge >= 0.3 is 13.8 Å². The Morgan fingerprint density at radius 3 is 1.32 bits per heavy atom. The number of likely N-dealkylation sites (N-methyl/N-ethyl adjacent to an activating group) is 1. The maximum atomic E-state index is 13.5. The van der Waals surface area contributed by atoms with E-state index in [0.717, 1.165) is 70.6 Å². The van der Waals surface area contributed by atoms with Crippen molar-refractivity contribution in [3.63, 3.8) is 0 Å². The van der Waals surface area contributed by atoms with E-state index in [4.69, 9.17) is 13.8 Å². The molecule has 0 aliphatic heterocycles. The normalized spacial score (nSPS) is 14.1. The van der Waals surface area contributed by atoms with Gasteiger partial charge in [-0.15, -0.1) is 0 Å². The molecule has 10 heteroatoms. The van der Waals surface area contributed by atoms with Crippen LogP contribution in [-0.2, 0) is 27.9 Å². The van der Waals surface area contributed by atoms with Crippen LogP contribution in [0.15, 0.2) is 48.6 Å². The SMILES string of the molecule is CCCCCCCCC/C=C\CCCCCC(=O)OC(/C=C/CCCCCCCCCCCCC)C(COP(=O)(O)OCC[N+](C)(C)C)NC(=O)CCCCC/C=C/C=C/CCCCCCCCC. The molecule has 1 amide bonds. The summed E-state index contributed by atoms with van der Waals surface area (Å²) < 4.78 is 30.6. The van der Waals surface area contributed by atoms with Crippen molar-refractivity contribution in [2.75, 3.05) is 40.9 Å². The number of quaternary nitrogens is 1. The third kappa shape index (κ3) is 50.7. The molecular formula is C59H112N2O7P+. The smallest absolute Gasteiger partial charge is 0.456 e. The predicted molar refractivity (Wildman–Crippen MR) is 295 cm³/mol. The third-order valence-corrected chi connectivity index (χ3v) is 13.8. The van der Waals surface area contributed by atoms with E-state index in [0.29, 0.717) is 30.3 Å². The quantitative estimate of drug-likeness (QED) is 0.0156. The number of nitrogens with one attached hydrogen (secondary N) is 1. The molecule has 69 heavy (non-hydrogen) atoms. The van der Waals surface area contributed by atoms with Crippen LogP contribution in [0.4, 0.5) is 0 Å². The fourth-order valence-electron chi connectivity index (χ4n) is 8.22. The second kappa shape index (κ2) is 49.5. The molecule has 0 aromatic rings. The number of unbranched alkanes of at least 4 members (excludes halogenated alkanes) is 31. The number of hydrogen-bond acceptors (Lipinski definition) is 6. The van der Waals surface area contributed by atoms with E-state index in [2.05, 4.69) is 62.5 Å². The van der Waals surface area contributed by atoms with E-state index < -0.39 is 20.0 Å². The third-order valence-electron chi connectivity index (χ3n) is 12.8. The van der Waals surface area contributed by atoms with Gasteiger partial charge in [-0.1, -0.05) is 217 Å². The number of esters is 1. The van der Waals surface area contributed by atoms with Gasteiger partial charge in [-0.05, 0) is 83.1 Å². The topological polar surface area (TPSA) is 111 Å². The number of rotatable bonds is 52. The zero-order valence-corrected chi connectivity index (χ0v) is 47.0. The summed E-state index contributed by atoms with van der Waals surface area (Å²) in [5, 5.41) is 3.03. The summed E-state index contributed by atoms with van der Waals surface area (Å²) in [6.45, 7) is 6.98. The Labute approximate surface area is 427 Å². The van der Waals surface area contributed by atoms with E-state index in [1.54, 1.807) is 0 Å². The summed E-state index contributed by atoms with van der Waals surface area (Å²) in [5.41, 5.74) is 0. The summed E-state index contributed by atoms with van der Waals surface area (Å²) in [6.07, 6.45) is 59.6. The van der Waals surface area contributed by atoms with Crippen molar-refractivity contribution in [1.29, 1.82) is 0 Å². The molecule has 0 saturated carbocycles. The summed E-state index contributed by atoms with van der Waals surface area (Å²) in [7, 11) is 1.47. The molecule has 0 bridgehead atoms. The van der Waals surface area contributed by atoms with Gasteiger partial charge in [0.15, 0.2) is 0 Å². The highest BCUT2D eigenvalue weighted by Gasteiger charge is 2.30. The lowest BCUT2D eigenvalue weighted by molar-refractivity contribution is -0.870. The first-order valence-corrected chi connectivity index (χ1v) is 30.5. The Morgan fingerprint density at radius 2 is 0.884 bits per heavy atom. The maximum Gasteiger partial charge on any atom is 0.472 e. The van der Waals surface area contributed by atoms with Crippen LogP contribution in [0.25, 0.3) is 0 Å². The first-order chi connectivity index (χ1) is 33.4. The molecule has 0 radical (unpaired) electrons. The highest BCUT2D eigenvalue weighted by Crippen LogP contribution is 2.43. The summed E-state index contributed by atoms with van der Waals surface area (Å²) >= 11 is 0. The molecule has 0 fully saturated rings. The highest BCUT2D eigenvalue weighted by molar-refractivity contribution is 7.47. The molecule has 0 spiro atoms. The van der Waals surface area contributed by atoms with Gasteiger partial charge in [0.1, 0.15) is 19.3 Å². The maximum absolute atomic E-state index is 13.5. The summed E-state index contributed by atoms with van der Waals surface area (Å²) in [5.74, 6) is -0.550. The minimum Gasteiger partial charge on any atom is -0.456 e. The molecule has 0 rings (SSSR count). The van der Waals surface area contributed by atoms with Crippen molar-refractivity contribution < 1.29 is 37.3 Å². The first kappa shape index (κ1) is 67.0. The zero-order chi connectivity index (χ0) is 50.8. The van der Waals surface area contributed by atoms with E-state index in [9.17, 15) is 19.0 Å². The Balaban J connectivity index is 5.44. The minimum atomic E-state index is -4.45. The van der Waals surface area contributed by atoms with Crippen LogP contribution in [0.2, 0.25) is 0 Å². The second-order valence-electron chi connectivity index (χ2n) is 20.8. The van der Waals surface area contributed by atoms with Crippen LogP contribution >= 0.6 is 7.82 Å². The Morgan fingerprint density at radius 1 is 0.507 bits per heavy atom. The van der Waals surface area contributed by atoms with Crippen LogP contribution < -0.4 is 5.32 Å². The molecule has 0 aromatic carbocycles. The van der Waals surface area contributed by atoms with Gasteiger partial charge in [0, 0.05) is 12.8 Å². The number of nitrogens with zero attached hydrogens (tertiary/aromatic N) is 1. The van der Waals surface area contributed by atoms with Crippen LogP contribution in [0.3, 0.4) is 0 Å². The van der Waals surface area contributed by atoms with E-state index >= 15 is 0 Å². The monoisotopic (exact) mass is 992 g/mol. The van der Waals surface area contributed by atoms with E-state index in [1.165, 1.54) is 148 Å². The van der Waals surface area contributed by atoms with Crippen LogP contribution in [0.1, 0.15) is 265 Å². The van der Waals surface area contributed by atoms with E-state index in [1.807, 2.05) is 33.3 Å². The van der Waals surface area contributed by atoms with Crippen molar-refractivity contribution in [2.45, 2.75) is 277 Å². The lowest BCUT2D eigenvalue weighted by Crippen LogP contribution is -2.47. The van der Waals surface area contributed by atoms with Gasteiger partial charge < -0.3 is 19.4 Å². The van der Waals surface area contributed by atoms with Gasteiger partial charge in [0.05, 0.1) is 33.8 Å². The van der Waals surface area contributed by atoms with Crippen LogP contribution in [-0.4, -0.2) is 74.3 Å². The van der Waals surface area contributed by atoms with Crippen molar-refractivity contribution in [1.82, 2.24) is 5.32 Å². The number of carbonyl (C=O) groups excluding carboxylic acids is 2. The largest absolute Gasteiger partial charge is 0.472 e. The summed E-state index contributed by atoms with van der Waals surface area (Å²) in [4.78, 5) is 37.6. The highest BCUT2D eigenvalue weighted by atomic mass is 31.2. The van der Waals surface area contributed by atoms with E-state index in [-0.39, 0.29) is 31.5 Å². The zero-order valence-electron chi connectivity index (χ0n) is 46.1. The first-order valence-electron chi connectivity index (χ1n) is 29.0. The fraction of sp³-hybridized carbons (Fsp3) is 0.831. The lowest BCUT2D eigenvalue weighted by atomic mass is 10.0. The Kier molecular flexibility index (Phi) is 48.1. The molecule has 2 N–H and O–H groups in total. The summed E-state index contributed by atoms with van der Waals surface area (Å²) in [6, 6.07) is -0.866. The molecule has 0 saturated heterocycles. The van der Waals surface area contributed by atoms with Crippen molar-refractivity contribution in [3.8, 4) is 0 Å². The van der Waals surface area contributed by atoms with Gasteiger partial charge in [0.25, 0.3) is 0 Å². The molecular weight excluding hydrogens is 880 g/mol. The van der Waals surface area contributed by atoms with Crippen molar-refractivity contribution in [2.24, 2.45) is 0 Å². The standard InChI is InChI=1S/C59H111N2O7P/c1-7-10-13-16-19-22-25-28-30-31-33-36-39-42-45-48-51-58(62)60-56(55-67-69(64,65)66-54-53-61(4,5)6)57(50-47-44-41-38-35-32-27-24-21-18-15-12-9-3)68-59(63)52-49-46-43-40-37-34-29-26-23-20-17-14-11-8-2/h30-31,33-34,36-37,47,50,56-57H,7-29,32,35,38-46,48-49,51-55H2,1-6H3,(H-,60,62,64,65)/p+1/b31-30+,36-33+,37-34-,50-47+. The van der Waals surface area contributed by atoms with Gasteiger partial charge in [-0.25, -0.2) is 4.57 Å². The molecule has 9 nitrogen and oxygen atoms in total. The molecule has 0 aliphatic rings. The molecule has 0 aromatic heterocycles. The number of phosphoric acid groups is 1. The average molecular weight is 993 g/mol. The number of ether oxygens (including phenoxy) is 1. The minimum absolute atomic E-state index is 0.0330. The van der Waals surface area contributed by atoms with Crippen molar-refractivity contribution >= 4 is 19.7 Å². The van der Waals surface area contributed by atoms with Gasteiger partial charge in [-0.3, -0.25) is 18.6 Å². The number of allylic oxidation sites excluding steroid dienone is 7. The predicted octanol–water partition coefficient (Wildman–Crippen LogP) is 17.3. The number of hydrogen-bond donors (Lipinski definition) is 2. The van der Waals surface area contributed by atoms with Crippen molar-refractivity contribution in [3.05, 3.63) is 48.6 Å². The number of carbonyl (C=O) groups is 2.